The lowest BCUT2D eigenvalue weighted by molar-refractivity contribution is 0.0511. The second-order valence-corrected chi connectivity index (χ2v) is 14.3. The maximum Gasteiger partial charge on any atom is 0.319 e. The van der Waals surface area contributed by atoms with Crippen LogP contribution in [-0.4, -0.2) is 82.8 Å². The highest BCUT2D eigenvalue weighted by molar-refractivity contribution is 6.32. The molecule has 1 saturated carbocycles. The Morgan fingerprint density at radius 3 is 2.80 bits per heavy atom. The standard InChI is InChI=1S/C36H40ClF2N7O4/c1-19-15-46(20(2)24-6-4-10-41-32(24)40)33-28-31(43-35(44-33)48-17-36-9-5-11-45(36)16-22(38)14-36)29(39)30(42-34(28)50-19)25-12-23(49-18-47-3)13-26(37)27(25)21-7-8-21/h4,6,10,12-13,19-22H,5,7-9,11,14-18H2,1-3H3,(H2,40,41)/t19-,20?,22+,36-/m0/s1. The third kappa shape index (κ3) is 5.82. The Hall–Kier alpha value is -4.07. The molecule has 1 aliphatic carbocycles. The molecule has 2 saturated heterocycles. The second kappa shape index (κ2) is 12.9. The van der Waals surface area contributed by atoms with Crippen molar-refractivity contribution >= 4 is 34.1 Å². The summed E-state index contributed by atoms with van der Waals surface area (Å²) in [4.78, 5) is 22.9. The van der Waals surface area contributed by atoms with Crippen molar-refractivity contribution in [2.75, 3.05) is 50.8 Å². The summed E-state index contributed by atoms with van der Waals surface area (Å²) in [5, 5.41) is 0.774. The molecule has 2 N–H and O–H groups in total. The molecule has 4 atom stereocenters. The Bertz CT molecular complexity index is 1950. The van der Waals surface area contributed by atoms with Crippen LogP contribution in [0.15, 0.2) is 30.5 Å². The van der Waals surface area contributed by atoms with Crippen LogP contribution in [0.25, 0.3) is 22.2 Å². The van der Waals surface area contributed by atoms with E-state index in [1.54, 1.807) is 18.3 Å². The lowest BCUT2D eigenvalue weighted by atomic mass is 9.95. The minimum atomic E-state index is -0.925. The Kier molecular flexibility index (Phi) is 8.55. The first-order valence-electron chi connectivity index (χ1n) is 17.2. The lowest BCUT2D eigenvalue weighted by Crippen LogP contribution is -2.43. The quantitative estimate of drug-likeness (QED) is 0.179. The average molecular weight is 708 g/mol. The molecule has 0 bridgehead atoms. The predicted octanol–water partition coefficient (Wildman–Crippen LogP) is 6.63. The zero-order valence-corrected chi connectivity index (χ0v) is 29.1. The number of halogens is 3. The number of ether oxygens (including phenoxy) is 4. The van der Waals surface area contributed by atoms with Crippen LogP contribution in [0.1, 0.15) is 69.0 Å². The summed E-state index contributed by atoms with van der Waals surface area (Å²) in [6.07, 6.45) is 4.31. The minimum Gasteiger partial charge on any atom is -0.472 e. The first kappa shape index (κ1) is 33.1. The number of pyridine rings is 2. The molecular weight excluding hydrogens is 668 g/mol. The first-order valence-corrected chi connectivity index (χ1v) is 17.6. The first-order chi connectivity index (χ1) is 24.2. The van der Waals surface area contributed by atoms with Crippen LogP contribution in [-0.2, 0) is 4.74 Å². The van der Waals surface area contributed by atoms with E-state index in [1.807, 2.05) is 30.9 Å². The largest absolute Gasteiger partial charge is 0.472 e. The summed E-state index contributed by atoms with van der Waals surface area (Å²) < 4.78 is 55.6. The van der Waals surface area contributed by atoms with Gasteiger partial charge in [-0.15, -0.1) is 0 Å². The summed E-state index contributed by atoms with van der Waals surface area (Å²) in [6.45, 7) is 5.65. The van der Waals surface area contributed by atoms with Gasteiger partial charge in [-0.05, 0) is 75.8 Å². The zero-order valence-electron chi connectivity index (χ0n) is 28.3. The molecule has 4 aliphatic rings. The predicted molar refractivity (Wildman–Crippen MR) is 185 cm³/mol. The number of hydrogen-bond acceptors (Lipinski definition) is 11. The molecule has 3 aromatic heterocycles. The Morgan fingerprint density at radius 1 is 1.18 bits per heavy atom. The normalized spacial score (nSPS) is 23.8. The molecule has 3 fully saturated rings. The van der Waals surface area contributed by atoms with Crippen molar-refractivity contribution in [3.8, 4) is 28.9 Å². The Balaban J connectivity index is 1.31. The van der Waals surface area contributed by atoms with Gasteiger partial charge in [-0.25, -0.2) is 18.7 Å². The monoisotopic (exact) mass is 707 g/mol. The van der Waals surface area contributed by atoms with Gasteiger partial charge in [-0.3, -0.25) is 4.90 Å². The number of rotatable bonds is 10. The van der Waals surface area contributed by atoms with Gasteiger partial charge in [-0.2, -0.15) is 9.97 Å². The smallest absolute Gasteiger partial charge is 0.319 e. The van der Waals surface area contributed by atoms with E-state index < -0.39 is 23.6 Å². The number of anilines is 2. The number of hydrogen-bond donors (Lipinski definition) is 1. The van der Waals surface area contributed by atoms with Gasteiger partial charge < -0.3 is 29.6 Å². The van der Waals surface area contributed by atoms with Gasteiger partial charge in [0.25, 0.3) is 0 Å². The van der Waals surface area contributed by atoms with E-state index >= 15 is 4.39 Å². The Labute approximate surface area is 294 Å². The summed E-state index contributed by atoms with van der Waals surface area (Å²) in [5.41, 5.74) is 8.00. The van der Waals surface area contributed by atoms with Crippen molar-refractivity contribution in [1.82, 2.24) is 24.8 Å². The van der Waals surface area contributed by atoms with Crippen molar-refractivity contribution in [2.45, 2.75) is 75.7 Å². The lowest BCUT2D eigenvalue weighted by Gasteiger charge is -2.32. The van der Waals surface area contributed by atoms with Crippen LogP contribution in [0.3, 0.4) is 0 Å². The van der Waals surface area contributed by atoms with Crippen molar-refractivity contribution in [1.29, 1.82) is 0 Å². The zero-order chi connectivity index (χ0) is 34.7. The molecule has 11 nitrogen and oxygen atoms in total. The van der Waals surface area contributed by atoms with Gasteiger partial charge in [0, 0.05) is 42.4 Å². The highest BCUT2D eigenvalue weighted by atomic mass is 35.5. The topological polar surface area (TPSA) is 121 Å². The summed E-state index contributed by atoms with van der Waals surface area (Å²) in [5.74, 6) is 0.869. The molecule has 264 valence electrons. The van der Waals surface area contributed by atoms with Crippen molar-refractivity contribution in [2.24, 2.45) is 0 Å². The number of alkyl halides is 1. The van der Waals surface area contributed by atoms with Crippen LogP contribution in [0.4, 0.5) is 20.4 Å². The molecule has 4 aromatic rings. The molecular formula is C36H40ClF2N7O4. The van der Waals surface area contributed by atoms with Gasteiger partial charge in [0.05, 0.1) is 18.1 Å². The van der Waals surface area contributed by atoms with E-state index in [9.17, 15) is 4.39 Å². The molecule has 1 aromatic carbocycles. The maximum absolute atomic E-state index is 17.3. The molecule has 14 heteroatoms. The van der Waals surface area contributed by atoms with Gasteiger partial charge in [0.2, 0.25) is 5.88 Å². The van der Waals surface area contributed by atoms with E-state index in [0.717, 1.165) is 43.4 Å². The molecule has 50 heavy (non-hydrogen) atoms. The summed E-state index contributed by atoms with van der Waals surface area (Å²) in [7, 11) is 1.52. The number of nitrogens with zero attached hydrogens (tertiary/aromatic N) is 6. The Morgan fingerprint density at radius 2 is 2.02 bits per heavy atom. The van der Waals surface area contributed by atoms with E-state index in [-0.39, 0.29) is 48.5 Å². The summed E-state index contributed by atoms with van der Waals surface area (Å²) >= 11 is 6.84. The molecule has 1 unspecified atom stereocenters. The fourth-order valence-electron chi connectivity index (χ4n) is 7.96. The maximum atomic E-state index is 17.3. The number of methoxy groups -OCH3 is 1. The molecule has 0 amide bonds. The molecule has 6 heterocycles. The van der Waals surface area contributed by atoms with E-state index in [0.29, 0.717) is 52.9 Å². The average Bonchev–Trinajstić information content (AvgIpc) is 3.81. The number of nitrogen functional groups attached to an aromatic ring is 1. The number of nitrogens with two attached hydrogens (primary N) is 1. The van der Waals surface area contributed by atoms with Crippen LogP contribution in [0, 0.1) is 5.82 Å². The third-order valence-electron chi connectivity index (χ3n) is 10.5. The van der Waals surface area contributed by atoms with E-state index in [4.69, 9.17) is 51.2 Å². The van der Waals surface area contributed by atoms with Crippen LogP contribution >= 0.6 is 11.6 Å². The molecule has 8 rings (SSSR count). The van der Waals surface area contributed by atoms with Crippen molar-refractivity contribution in [3.63, 3.8) is 0 Å². The molecule has 0 radical (unpaired) electrons. The van der Waals surface area contributed by atoms with E-state index in [2.05, 4.69) is 9.88 Å². The molecule has 0 spiro atoms. The van der Waals surface area contributed by atoms with Crippen LogP contribution < -0.4 is 24.8 Å². The highest BCUT2D eigenvalue weighted by Crippen LogP contribution is 2.51. The third-order valence-corrected chi connectivity index (χ3v) is 10.8. The van der Waals surface area contributed by atoms with Gasteiger partial charge in [-0.1, -0.05) is 17.7 Å². The van der Waals surface area contributed by atoms with Gasteiger partial charge >= 0.3 is 6.01 Å². The SMILES string of the molecule is COCOc1cc(Cl)c(C2CC2)c(-c2nc3c4c(nc(OC[C@@]56CCCN5C[C@H](F)C6)nc4c2F)N(C(C)c2cccnc2N)C[C@H](C)O3)c1. The fourth-order valence-corrected chi connectivity index (χ4v) is 8.32. The van der Waals surface area contributed by atoms with Crippen molar-refractivity contribution in [3.05, 3.63) is 52.4 Å². The summed E-state index contributed by atoms with van der Waals surface area (Å²) in [6, 6.07) is 6.84. The van der Waals surface area contributed by atoms with E-state index in [1.165, 1.54) is 7.11 Å². The van der Waals surface area contributed by atoms with Gasteiger partial charge in [0.1, 0.15) is 52.9 Å². The number of aromatic nitrogens is 4. The second-order valence-electron chi connectivity index (χ2n) is 13.9. The fraction of sp³-hybridized carbons (Fsp3) is 0.500. The van der Waals surface area contributed by atoms with Gasteiger partial charge in [0.15, 0.2) is 12.6 Å². The number of fused-ring (bicyclic) bond motifs is 1. The minimum absolute atomic E-state index is 0.00707. The highest BCUT2D eigenvalue weighted by Gasteiger charge is 2.49. The van der Waals surface area contributed by atoms with Crippen molar-refractivity contribution < 1.29 is 27.7 Å². The van der Waals surface area contributed by atoms with Crippen LogP contribution in [0.2, 0.25) is 5.02 Å². The molecule has 3 aliphatic heterocycles. The van der Waals surface area contributed by atoms with Crippen LogP contribution in [0.5, 0.6) is 17.6 Å². The number of benzene rings is 1.